The molecule has 0 amide bonds. The van der Waals surface area contributed by atoms with Crippen LogP contribution >= 0.6 is 0 Å². The molecule has 0 spiro atoms. The second-order valence-electron chi connectivity index (χ2n) is 13.5. The predicted molar refractivity (Wildman–Crippen MR) is 192 cm³/mol. The first-order chi connectivity index (χ1) is 20.4. The van der Waals surface area contributed by atoms with Crippen LogP contribution in [0.4, 0.5) is 0 Å². The van der Waals surface area contributed by atoms with Crippen LogP contribution in [0.2, 0.25) is 0 Å². The monoisotopic (exact) mass is 659 g/mol. The summed E-state index contributed by atoms with van der Waals surface area (Å²) < 4.78 is 0. The van der Waals surface area contributed by atoms with E-state index in [1.54, 1.807) is 0 Å². The molecule has 1 rings (SSSR count). The van der Waals surface area contributed by atoms with Crippen LogP contribution in [0.15, 0.2) is 30.3 Å². The van der Waals surface area contributed by atoms with Gasteiger partial charge in [-0.3, -0.25) is 0 Å². The molecule has 1 aromatic rings. The van der Waals surface area contributed by atoms with E-state index in [0.29, 0.717) is 0 Å². The summed E-state index contributed by atoms with van der Waals surface area (Å²) in [6.45, 7) is 5.78. The number of benzene rings is 1. The van der Waals surface area contributed by atoms with Crippen LogP contribution in [0.5, 0.6) is 0 Å². The Hall–Kier alpha value is -0.280. The van der Waals surface area contributed by atoms with Gasteiger partial charge in [0.05, 0.1) is 6.04 Å². The van der Waals surface area contributed by atoms with Gasteiger partial charge in [-0.05, 0) is 25.7 Å². The molecule has 1 aromatic carbocycles. The van der Waals surface area contributed by atoms with Gasteiger partial charge in [0.2, 0.25) is 0 Å². The summed E-state index contributed by atoms with van der Waals surface area (Å²) >= 11 is 0. The lowest BCUT2D eigenvalue weighted by atomic mass is 9.99. The molecule has 0 bridgehead atoms. The molecule has 0 unspecified atom stereocenters. The normalized spacial score (nSPS) is 10.8. The van der Waals surface area contributed by atoms with Crippen molar-refractivity contribution in [1.82, 2.24) is 6.15 Å². The van der Waals surface area contributed by atoms with Crippen LogP contribution < -0.4 is 36.3 Å². The van der Waals surface area contributed by atoms with E-state index in [1.165, 1.54) is 198 Å². The molecule has 0 fully saturated rings. The van der Waals surface area contributed by atoms with Crippen molar-refractivity contribution in [3.05, 3.63) is 35.9 Å². The molecule has 2 nitrogen and oxygen atoms in total. The Bertz CT molecular complexity index is 581. The van der Waals surface area contributed by atoms with Gasteiger partial charge in [-0.1, -0.05) is 211 Å². The maximum absolute atomic E-state index is 2.67. The molecular weight excluding hydrogens is 579 g/mol. The molecule has 0 heterocycles. The average Bonchev–Trinajstić information content (AvgIpc) is 3.00. The maximum atomic E-state index is 2.67. The van der Waals surface area contributed by atoms with Crippen LogP contribution in [0, 0.1) is 0 Å². The van der Waals surface area contributed by atoms with Gasteiger partial charge in [0.1, 0.15) is 6.54 Å². The second-order valence-corrected chi connectivity index (χ2v) is 13.5. The zero-order valence-corrected chi connectivity index (χ0v) is 31.7. The van der Waals surface area contributed by atoms with Crippen molar-refractivity contribution >= 4 is 0 Å². The van der Waals surface area contributed by atoms with E-state index in [0.717, 1.165) is 12.6 Å². The lowest BCUT2D eigenvalue weighted by Crippen LogP contribution is -3.00. The number of hydrogen-bond acceptors (Lipinski definition) is 0. The van der Waals surface area contributed by atoms with Gasteiger partial charge >= 0.3 is 0 Å². The SMILES string of the molecule is CCCCCCCCCCCCCCCCC(CCCCCCCCCCCCCCCC)[NH2+]Cc1ccccc1.[Cl-].[Cl-].[NH4+]. The molecule has 0 aliphatic rings. The van der Waals surface area contributed by atoms with Gasteiger partial charge in [-0.15, -0.1) is 0 Å². The van der Waals surface area contributed by atoms with E-state index in [4.69, 9.17) is 0 Å². The molecule has 44 heavy (non-hydrogen) atoms. The summed E-state index contributed by atoms with van der Waals surface area (Å²) in [6.07, 6.45) is 43.6. The third kappa shape index (κ3) is 34.6. The van der Waals surface area contributed by atoms with Crippen molar-refractivity contribution in [2.75, 3.05) is 0 Å². The summed E-state index contributed by atoms with van der Waals surface area (Å²) in [5.74, 6) is 0. The van der Waals surface area contributed by atoms with E-state index in [-0.39, 0.29) is 31.0 Å². The van der Waals surface area contributed by atoms with Gasteiger partial charge in [-0.2, -0.15) is 0 Å². The zero-order valence-electron chi connectivity index (χ0n) is 30.2. The molecular formula is C40H80Cl2N2. The molecule has 0 aliphatic carbocycles. The van der Waals surface area contributed by atoms with Gasteiger partial charge < -0.3 is 36.3 Å². The van der Waals surface area contributed by atoms with Gasteiger partial charge in [0, 0.05) is 5.56 Å². The van der Waals surface area contributed by atoms with E-state index in [1.807, 2.05) is 0 Å². The average molecular weight is 660 g/mol. The summed E-state index contributed by atoms with van der Waals surface area (Å²) in [5.41, 5.74) is 1.49. The lowest BCUT2D eigenvalue weighted by Gasteiger charge is -2.16. The molecule has 0 saturated carbocycles. The molecule has 0 aliphatic heterocycles. The summed E-state index contributed by atoms with van der Waals surface area (Å²) in [4.78, 5) is 0. The quantitative estimate of drug-likeness (QED) is 0.0748. The van der Waals surface area contributed by atoms with Gasteiger partial charge in [0.25, 0.3) is 0 Å². The summed E-state index contributed by atoms with van der Waals surface area (Å²) in [7, 11) is 0. The van der Waals surface area contributed by atoms with E-state index in [9.17, 15) is 0 Å². The fraction of sp³-hybridized carbons (Fsp3) is 0.850. The first kappa shape index (κ1) is 48.1. The van der Waals surface area contributed by atoms with Gasteiger partial charge in [-0.25, -0.2) is 0 Å². The molecule has 0 radical (unpaired) electrons. The number of halogens is 2. The fourth-order valence-electron chi connectivity index (χ4n) is 6.50. The number of hydrogen-bond donors (Lipinski definition) is 2. The molecule has 4 heteroatoms. The largest absolute Gasteiger partial charge is 1.00 e. The van der Waals surface area contributed by atoms with Crippen LogP contribution in [0.1, 0.15) is 212 Å². The van der Waals surface area contributed by atoms with Crippen LogP contribution in [0.25, 0.3) is 0 Å². The van der Waals surface area contributed by atoms with E-state index < -0.39 is 0 Å². The number of rotatable bonds is 33. The smallest absolute Gasteiger partial charge is 0.101 e. The highest BCUT2D eigenvalue weighted by Gasteiger charge is 2.12. The Morgan fingerprint density at radius 3 is 0.977 bits per heavy atom. The maximum Gasteiger partial charge on any atom is 0.101 e. The Morgan fingerprint density at radius 1 is 0.409 bits per heavy atom. The first-order valence-corrected chi connectivity index (χ1v) is 19.2. The Labute approximate surface area is 290 Å². The van der Waals surface area contributed by atoms with Gasteiger partial charge in [0.15, 0.2) is 0 Å². The van der Waals surface area contributed by atoms with Crippen molar-refractivity contribution in [2.24, 2.45) is 0 Å². The highest BCUT2D eigenvalue weighted by Crippen LogP contribution is 2.16. The minimum absolute atomic E-state index is 0. The first-order valence-electron chi connectivity index (χ1n) is 19.2. The Balaban J connectivity index is -0.00000560. The molecule has 264 valence electrons. The van der Waals surface area contributed by atoms with Crippen molar-refractivity contribution < 1.29 is 30.1 Å². The minimum atomic E-state index is 0. The highest BCUT2D eigenvalue weighted by atomic mass is 35.5. The standard InChI is InChI=1S/C40H75N.2ClH.H3N/c1-3-5-7-9-11-13-15-17-19-21-23-25-27-32-36-40(41-38-39-34-30-29-31-35-39)37-33-28-26-24-22-20-18-16-14-12-10-8-6-4-2;;;/h29-31,34-35,40-41H,3-28,32-33,36-38H2,1-2H3;2*1H;1H3. The molecule has 0 atom stereocenters. The molecule has 6 N–H and O–H groups in total. The van der Waals surface area contributed by atoms with Crippen LogP contribution in [0.3, 0.4) is 0 Å². The molecule has 0 saturated heterocycles. The topological polar surface area (TPSA) is 53.1 Å². The molecule has 0 aromatic heterocycles. The van der Waals surface area contributed by atoms with E-state index in [2.05, 4.69) is 49.5 Å². The highest BCUT2D eigenvalue weighted by molar-refractivity contribution is 5.12. The van der Waals surface area contributed by atoms with Crippen molar-refractivity contribution in [3.8, 4) is 0 Å². The lowest BCUT2D eigenvalue weighted by molar-refractivity contribution is -0.705. The summed E-state index contributed by atoms with van der Waals surface area (Å²) in [6, 6.07) is 12.0. The van der Waals surface area contributed by atoms with E-state index >= 15 is 0 Å². The Kier molecular flexibility index (Phi) is 44.6. The number of nitrogens with two attached hydrogens (primary N) is 1. The van der Waals surface area contributed by atoms with Crippen LogP contribution in [-0.4, -0.2) is 6.04 Å². The third-order valence-electron chi connectivity index (χ3n) is 9.39. The number of unbranched alkanes of at least 4 members (excludes halogenated alkanes) is 26. The fourth-order valence-corrected chi connectivity index (χ4v) is 6.50. The second kappa shape index (κ2) is 40.7. The minimum Gasteiger partial charge on any atom is -1.00 e. The van der Waals surface area contributed by atoms with Crippen LogP contribution in [-0.2, 0) is 6.54 Å². The Morgan fingerprint density at radius 2 is 0.682 bits per heavy atom. The third-order valence-corrected chi connectivity index (χ3v) is 9.39. The summed E-state index contributed by atoms with van der Waals surface area (Å²) in [5, 5.41) is 2.67. The van der Waals surface area contributed by atoms with Crippen molar-refractivity contribution in [1.29, 1.82) is 0 Å². The predicted octanol–water partition coefficient (Wildman–Crippen LogP) is 7.25. The zero-order chi connectivity index (χ0) is 29.3. The number of quaternary nitrogens is 2. The van der Waals surface area contributed by atoms with Crippen molar-refractivity contribution in [3.63, 3.8) is 0 Å². The van der Waals surface area contributed by atoms with Crippen molar-refractivity contribution in [2.45, 2.75) is 219 Å².